The molecule has 1 aromatic heterocycles. The molecule has 0 saturated heterocycles. The van der Waals surface area contributed by atoms with Gasteiger partial charge < -0.3 is 10.0 Å². The first-order valence-corrected chi connectivity index (χ1v) is 7.06. The number of hydrogen-bond donors (Lipinski definition) is 1. The summed E-state index contributed by atoms with van der Waals surface area (Å²) in [5.74, 6) is 0.145. The second kappa shape index (κ2) is 7.85. The summed E-state index contributed by atoms with van der Waals surface area (Å²) in [6, 6.07) is 4.41. The molecule has 0 aliphatic heterocycles. The number of hydrogen-bond acceptors (Lipinski definition) is 4. The number of rotatable bonds is 8. The Kier molecular flexibility index (Phi) is 6.45. The maximum Gasteiger partial charge on any atom is 0.317 e. The van der Waals surface area contributed by atoms with Crippen LogP contribution < -0.4 is 4.90 Å². The molecule has 5 heteroatoms. The molecule has 1 N–H and O–H groups in total. The summed E-state index contributed by atoms with van der Waals surface area (Å²) >= 11 is 0. The van der Waals surface area contributed by atoms with Gasteiger partial charge in [0.1, 0.15) is 5.82 Å². The first-order valence-electron chi connectivity index (χ1n) is 7.06. The predicted molar refractivity (Wildman–Crippen MR) is 81.0 cm³/mol. The van der Waals surface area contributed by atoms with E-state index in [-0.39, 0.29) is 6.54 Å². The van der Waals surface area contributed by atoms with E-state index in [2.05, 4.69) is 23.7 Å². The fourth-order valence-electron chi connectivity index (χ4n) is 1.96. The Hall–Kier alpha value is -1.62. The van der Waals surface area contributed by atoms with Crippen LogP contribution in [0.1, 0.15) is 32.8 Å². The van der Waals surface area contributed by atoms with Crippen LogP contribution in [-0.4, -0.2) is 47.1 Å². The van der Waals surface area contributed by atoms with Crippen molar-refractivity contribution in [2.45, 2.75) is 39.8 Å². The lowest BCUT2D eigenvalue weighted by molar-refractivity contribution is -0.138. The molecule has 0 bridgehead atoms. The average Bonchev–Trinajstić information content (AvgIpc) is 2.38. The number of carboxylic acid groups (broad SMARTS) is 1. The van der Waals surface area contributed by atoms with Crippen molar-refractivity contribution >= 4 is 11.8 Å². The van der Waals surface area contributed by atoms with E-state index in [1.807, 2.05) is 37.2 Å². The Morgan fingerprint density at radius 3 is 2.55 bits per heavy atom. The predicted octanol–water partition coefficient (Wildman–Crippen LogP) is 2.22. The lowest BCUT2D eigenvalue weighted by Gasteiger charge is -2.23. The standard InChI is InChI=1S/C15H25N3O2/c1-5-8-18(11-15(19)20)10-13-6-7-14(16-9-13)17(4)12(2)3/h6-7,9,12H,5,8,10-11H2,1-4H3,(H,19,20). The molecular formula is C15H25N3O2. The summed E-state index contributed by atoms with van der Waals surface area (Å²) in [5.41, 5.74) is 1.04. The van der Waals surface area contributed by atoms with Gasteiger partial charge in [-0.1, -0.05) is 13.0 Å². The molecule has 0 amide bonds. The summed E-state index contributed by atoms with van der Waals surface area (Å²) in [5, 5.41) is 8.90. The first-order chi connectivity index (χ1) is 9.43. The molecule has 20 heavy (non-hydrogen) atoms. The number of pyridine rings is 1. The third-order valence-electron chi connectivity index (χ3n) is 3.25. The molecule has 0 radical (unpaired) electrons. The first kappa shape index (κ1) is 16.4. The third kappa shape index (κ3) is 5.17. The zero-order chi connectivity index (χ0) is 15.1. The zero-order valence-corrected chi connectivity index (χ0v) is 12.8. The van der Waals surface area contributed by atoms with Gasteiger partial charge in [0.15, 0.2) is 0 Å². The van der Waals surface area contributed by atoms with E-state index in [1.165, 1.54) is 0 Å². The molecule has 1 heterocycles. The Bertz CT molecular complexity index is 418. The lowest BCUT2D eigenvalue weighted by atomic mass is 10.2. The van der Waals surface area contributed by atoms with E-state index >= 15 is 0 Å². The van der Waals surface area contributed by atoms with Crippen molar-refractivity contribution in [3.8, 4) is 0 Å². The minimum Gasteiger partial charge on any atom is -0.480 e. The van der Waals surface area contributed by atoms with Gasteiger partial charge in [0.05, 0.1) is 6.54 Å². The van der Waals surface area contributed by atoms with Crippen molar-refractivity contribution in [2.24, 2.45) is 0 Å². The third-order valence-corrected chi connectivity index (χ3v) is 3.25. The number of aromatic nitrogens is 1. The molecule has 0 aliphatic rings. The largest absolute Gasteiger partial charge is 0.480 e. The van der Waals surface area contributed by atoms with Crippen LogP contribution in [-0.2, 0) is 11.3 Å². The van der Waals surface area contributed by atoms with E-state index in [9.17, 15) is 4.79 Å². The van der Waals surface area contributed by atoms with Crippen LogP contribution in [0.25, 0.3) is 0 Å². The Labute approximate surface area is 121 Å². The Morgan fingerprint density at radius 2 is 2.10 bits per heavy atom. The molecule has 0 fully saturated rings. The molecule has 1 rings (SSSR count). The highest BCUT2D eigenvalue weighted by Crippen LogP contribution is 2.13. The van der Waals surface area contributed by atoms with E-state index in [0.717, 1.165) is 24.3 Å². The summed E-state index contributed by atoms with van der Waals surface area (Å²) in [6.07, 6.45) is 2.77. The highest BCUT2D eigenvalue weighted by atomic mass is 16.4. The molecule has 0 atom stereocenters. The summed E-state index contributed by atoms with van der Waals surface area (Å²) < 4.78 is 0. The number of carbonyl (C=O) groups is 1. The van der Waals surface area contributed by atoms with Crippen LogP contribution in [0.15, 0.2) is 18.3 Å². The minimum absolute atomic E-state index is 0.0709. The number of nitrogens with zero attached hydrogens (tertiary/aromatic N) is 3. The van der Waals surface area contributed by atoms with Crippen molar-refractivity contribution < 1.29 is 9.90 Å². The lowest BCUT2D eigenvalue weighted by Crippen LogP contribution is -2.30. The second-order valence-electron chi connectivity index (χ2n) is 5.33. The molecule has 1 aromatic rings. The average molecular weight is 279 g/mol. The summed E-state index contributed by atoms with van der Waals surface area (Å²) in [4.78, 5) is 19.3. The van der Waals surface area contributed by atoms with Crippen LogP contribution in [0.2, 0.25) is 0 Å². The van der Waals surface area contributed by atoms with Crippen molar-refractivity contribution in [3.63, 3.8) is 0 Å². The summed E-state index contributed by atoms with van der Waals surface area (Å²) in [6.45, 7) is 7.75. The van der Waals surface area contributed by atoms with Gasteiger partial charge >= 0.3 is 5.97 Å². The zero-order valence-electron chi connectivity index (χ0n) is 12.8. The maximum atomic E-state index is 10.8. The second-order valence-corrected chi connectivity index (χ2v) is 5.33. The van der Waals surface area contributed by atoms with E-state index < -0.39 is 5.97 Å². The van der Waals surface area contributed by atoms with Gasteiger partial charge in [-0.2, -0.15) is 0 Å². The van der Waals surface area contributed by atoms with E-state index in [0.29, 0.717) is 12.6 Å². The van der Waals surface area contributed by atoms with Gasteiger partial charge in [-0.05, 0) is 38.4 Å². The van der Waals surface area contributed by atoms with Crippen LogP contribution >= 0.6 is 0 Å². The van der Waals surface area contributed by atoms with Crippen LogP contribution in [0.5, 0.6) is 0 Å². The molecular weight excluding hydrogens is 254 g/mol. The number of aliphatic carboxylic acids is 1. The van der Waals surface area contributed by atoms with E-state index in [1.54, 1.807) is 0 Å². The Balaban J connectivity index is 2.69. The SMILES string of the molecule is CCCN(CC(=O)O)Cc1ccc(N(C)C(C)C)nc1. The smallest absolute Gasteiger partial charge is 0.317 e. The Morgan fingerprint density at radius 1 is 1.40 bits per heavy atom. The fourth-order valence-corrected chi connectivity index (χ4v) is 1.96. The topological polar surface area (TPSA) is 56.7 Å². The molecule has 5 nitrogen and oxygen atoms in total. The molecule has 0 saturated carbocycles. The van der Waals surface area contributed by atoms with Gasteiger partial charge in [0.25, 0.3) is 0 Å². The normalized spacial score (nSPS) is 11.1. The van der Waals surface area contributed by atoms with E-state index in [4.69, 9.17) is 5.11 Å². The van der Waals surface area contributed by atoms with Crippen molar-refractivity contribution in [1.82, 2.24) is 9.88 Å². The maximum absolute atomic E-state index is 10.8. The molecule has 0 spiro atoms. The fraction of sp³-hybridized carbons (Fsp3) is 0.600. The van der Waals surface area contributed by atoms with Crippen molar-refractivity contribution in [1.29, 1.82) is 0 Å². The van der Waals surface area contributed by atoms with Gasteiger partial charge in [-0.25, -0.2) is 4.98 Å². The quantitative estimate of drug-likeness (QED) is 0.790. The van der Waals surface area contributed by atoms with Gasteiger partial charge in [0, 0.05) is 25.8 Å². The molecule has 112 valence electrons. The van der Waals surface area contributed by atoms with Gasteiger partial charge in [0.2, 0.25) is 0 Å². The monoisotopic (exact) mass is 279 g/mol. The van der Waals surface area contributed by atoms with Gasteiger partial charge in [-0.15, -0.1) is 0 Å². The highest BCUT2D eigenvalue weighted by molar-refractivity contribution is 5.69. The number of carboxylic acids is 1. The van der Waals surface area contributed by atoms with Crippen molar-refractivity contribution in [3.05, 3.63) is 23.9 Å². The van der Waals surface area contributed by atoms with Crippen molar-refractivity contribution in [2.75, 3.05) is 25.0 Å². The van der Waals surface area contributed by atoms with Crippen LogP contribution in [0.4, 0.5) is 5.82 Å². The van der Waals surface area contributed by atoms with Crippen LogP contribution in [0, 0.1) is 0 Å². The van der Waals surface area contributed by atoms with Gasteiger partial charge in [-0.3, -0.25) is 9.69 Å². The minimum atomic E-state index is -0.789. The molecule has 0 unspecified atom stereocenters. The number of anilines is 1. The summed E-state index contributed by atoms with van der Waals surface area (Å²) in [7, 11) is 2.01. The molecule has 0 aliphatic carbocycles. The van der Waals surface area contributed by atoms with Crippen LogP contribution in [0.3, 0.4) is 0 Å². The molecule has 0 aromatic carbocycles. The highest BCUT2D eigenvalue weighted by Gasteiger charge is 2.11.